The van der Waals surface area contributed by atoms with E-state index in [1.54, 1.807) is 0 Å². The summed E-state index contributed by atoms with van der Waals surface area (Å²) in [6, 6.07) is 28.9. The van der Waals surface area contributed by atoms with E-state index in [1.807, 2.05) is 91.0 Å². The third-order valence-corrected chi connectivity index (χ3v) is 8.21. The van der Waals surface area contributed by atoms with Crippen LogP contribution >= 0.6 is 0 Å². The van der Waals surface area contributed by atoms with Gasteiger partial charge >= 0.3 is 0 Å². The van der Waals surface area contributed by atoms with Crippen molar-refractivity contribution in [3.63, 3.8) is 0 Å². The van der Waals surface area contributed by atoms with Gasteiger partial charge in [-0.15, -0.1) is 0 Å². The van der Waals surface area contributed by atoms with Crippen molar-refractivity contribution in [1.82, 2.24) is 0 Å². The van der Waals surface area contributed by atoms with Crippen molar-refractivity contribution < 1.29 is 53.2 Å². The highest BCUT2D eigenvalue weighted by Gasteiger charge is 2.53. The molecule has 0 aromatic heterocycles. The fraction of sp³-hybridized carbons (Fsp3) is 0.486. The van der Waals surface area contributed by atoms with Crippen LogP contribution in [0.5, 0.6) is 0 Å². The Morgan fingerprint density at radius 2 is 1.11 bits per heavy atom. The average molecular weight is 641 g/mol. The van der Waals surface area contributed by atoms with Crippen LogP contribution in [0, 0.1) is 0 Å². The van der Waals surface area contributed by atoms with Crippen LogP contribution in [-0.4, -0.2) is 104 Å². The Morgan fingerprint density at radius 1 is 0.587 bits per heavy atom. The van der Waals surface area contributed by atoms with Gasteiger partial charge in [-0.1, -0.05) is 91.0 Å². The van der Waals surface area contributed by atoms with E-state index in [-0.39, 0.29) is 19.8 Å². The lowest BCUT2D eigenvalue weighted by Crippen LogP contribution is -2.65. The van der Waals surface area contributed by atoms with Gasteiger partial charge in [-0.2, -0.15) is 0 Å². The van der Waals surface area contributed by atoms with Crippen LogP contribution in [0.25, 0.3) is 0 Å². The molecular formula is C35H44O11. The zero-order chi connectivity index (χ0) is 32.3. The molecule has 2 aliphatic heterocycles. The highest BCUT2D eigenvalue weighted by atomic mass is 16.7. The summed E-state index contributed by atoms with van der Waals surface area (Å²) in [5, 5.41) is 32.1. The molecule has 10 atom stereocenters. The number of hydrogen-bond donors (Lipinski definition) is 3. The van der Waals surface area contributed by atoms with Crippen LogP contribution in [0.15, 0.2) is 91.0 Å². The molecule has 3 aromatic carbocycles. The molecule has 0 saturated carbocycles. The Balaban J connectivity index is 1.44. The highest BCUT2D eigenvalue weighted by Crippen LogP contribution is 2.34. The number of hydrogen-bond acceptors (Lipinski definition) is 11. The summed E-state index contributed by atoms with van der Waals surface area (Å²) >= 11 is 0. The van der Waals surface area contributed by atoms with Gasteiger partial charge in [-0.05, 0) is 16.7 Å². The minimum absolute atomic E-state index is 0.0390. The summed E-state index contributed by atoms with van der Waals surface area (Å²) < 4.78 is 48.9. The summed E-state index contributed by atoms with van der Waals surface area (Å²) in [6.07, 6.45) is -10.00. The second kappa shape index (κ2) is 17.4. The molecule has 0 radical (unpaired) electrons. The molecule has 2 aliphatic rings. The molecule has 0 spiro atoms. The third kappa shape index (κ3) is 8.77. The Bertz CT molecular complexity index is 1270. The smallest absolute Gasteiger partial charge is 0.187 e. The zero-order valence-corrected chi connectivity index (χ0v) is 26.1. The number of aliphatic hydroxyl groups excluding tert-OH is 3. The molecule has 3 N–H and O–H groups in total. The molecule has 2 fully saturated rings. The quantitative estimate of drug-likeness (QED) is 0.226. The van der Waals surface area contributed by atoms with Gasteiger partial charge < -0.3 is 53.2 Å². The van der Waals surface area contributed by atoms with E-state index >= 15 is 0 Å². The summed E-state index contributed by atoms with van der Waals surface area (Å²) in [5.74, 6) is 0. The van der Waals surface area contributed by atoms with Gasteiger partial charge in [0.25, 0.3) is 0 Å². The normalized spacial score (nSPS) is 31.5. The average Bonchev–Trinajstić information content (AvgIpc) is 3.09. The van der Waals surface area contributed by atoms with E-state index in [1.165, 1.54) is 14.2 Å². The van der Waals surface area contributed by atoms with E-state index in [9.17, 15) is 15.3 Å². The summed E-state index contributed by atoms with van der Waals surface area (Å²) in [5.41, 5.74) is 2.78. The minimum atomic E-state index is -1.38. The van der Waals surface area contributed by atoms with Gasteiger partial charge in [-0.25, -0.2) is 0 Å². The Morgan fingerprint density at radius 3 is 1.63 bits per heavy atom. The van der Waals surface area contributed by atoms with Gasteiger partial charge in [0.2, 0.25) is 0 Å². The second-order valence-corrected chi connectivity index (χ2v) is 11.3. The van der Waals surface area contributed by atoms with Crippen molar-refractivity contribution in [2.45, 2.75) is 81.2 Å². The fourth-order valence-corrected chi connectivity index (χ4v) is 5.79. The molecule has 2 saturated heterocycles. The topological polar surface area (TPSA) is 135 Å². The third-order valence-electron chi connectivity index (χ3n) is 8.21. The first kappa shape index (κ1) is 34.6. The Hall–Kier alpha value is -2.78. The van der Waals surface area contributed by atoms with E-state index in [4.69, 9.17) is 37.9 Å². The first-order chi connectivity index (χ1) is 22.5. The molecule has 5 rings (SSSR count). The lowest BCUT2D eigenvalue weighted by Gasteiger charge is -2.48. The molecule has 0 amide bonds. The largest absolute Gasteiger partial charge is 0.394 e. The van der Waals surface area contributed by atoms with Gasteiger partial charge in [0.1, 0.15) is 48.8 Å². The lowest BCUT2D eigenvalue weighted by molar-refractivity contribution is -0.367. The Kier molecular flexibility index (Phi) is 13.1. The number of methoxy groups -OCH3 is 2. The van der Waals surface area contributed by atoms with E-state index in [2.05, 4.69) is 0 Å². The lowest BCUT2D eigenvalue weighted by atomic mass is 9.96. The maximum Gasteiger partial charge on any atom is 0.187 e. The predicted molar refractivity (Wildman–Crippen MR) is 165 cm³/mol. The zero-order valence-electron chi connectivity index (χ0n) is 26.1. The summed E-state index contributed by atoms with van der Waals surface area (Å²) in [4.78, 5) is 0. The molecule has 0 unspecified atom stereocenters. The minimum Gasteiger partial charge on any atom is -0.394 e. The first-order valence-electron chi connectivity index (χ1n) is 15.4. The summed E-state index contributed by atoms with van der Waals surface area (Å²) in [7, 11) is 2.90. The van der Waals surface area contributed by atoms with Crippen molar-refractivity contribution in [1.29, 1.82) is 0 Å². The number of rotatable bonds is 15. The SMILES string of the molecule is CO[C@@H]1[C@H](O[C@H]2[C@H](OCc3ccccc3)[C@@H](OCc3ccccc3)[C@@H](O)O[C@@H]2COCc2ccccc2)O[C@H](CO)[C@H](O)[C@H]1OC. The molecular weight excluding hydrogens is 596 g/mol. The van der Waals surface area contributed by atoms with E-state index in [0.29, 0.717) is 6.61 Å². The van der Waals surface area contributed by atoms with E-state index in [0.717, 1.165) is 16.7 Å². The van der Waals surface area contributed by atoms with Crippen LogP contribution in [0.1, 0.15) is 16.7 Å². The standard InChI is InChI=1S/C35H44O11/c1-39-30-28(37)26(18-36)45-35(33(30)40-2)46-29-27(22-41-19-23-12-6-3-7-13-23)44-34(38)32(43-21-25-16-10-5-11-17-25)31(29)42-20-24-14-8-4-9-15-24/h3-17,26-38H,18-22H2,1-2H3/t26-,27-,28+,29-,30-,31+,32-,33+,34+,35+/m1/s1. The second-order valence-electron chi connectivity index (χ2n) is 11.3. The van der Waals surface area contributed by atoms with E-state index < -0.39 is 68.0 Å². The molecule has 2 heterocycles. The van der Waals surface area contributed by atoms with Gasteiger partial charge in [0.15, 0.2) is 12.6 Å². The van der Waals surface area contributed by atoms with Gasteiger partial charge in [-0.3, -0.25) is 0 Å². The molecule has 11 heteroatoms. The predicted octanol–water partition coefficient (Wildman–Crippen LogP) is 2.58. The monoisotopic (exact) mass is 640 g/mol. The van der Waals surface area contributed by atoms with Crippen molar-refractivity contribution in [2.75, 3.05) is 27.4 Å². The molecule has 46 heavy (non-hydrogen) atoms. The van der Waals surface area contributed by atoms with Crippen molar-refractivity contribution in [3.05, 3.63) is 108 Å². The van der Waals surface area contributed by atoms with Gasteiger partial charge in [0, 0.05) is 14.2 Å². The maximum absolute atomic E-state index is 11.3. The Labute approximate surface area is 269 Å². The van der Waals surface area contributed by atoms with Crippen LogP contribution < -0.4 is 0 Å². The molecule has 11 nitrogen and oxygen atoms in total. The van der Waals surface area contributed by atoms with Crippen LogP contribution in [0.3, 0.4) is 0 Å². The van der Waals surface area contributed by atoms with Crippen molar-refractivity contribution >= 4 is 0 Å². The van der Waals surface area contributed by atoms with Crippen LogP contribution in [0.4, 0.5) is 0 Å². The molecule has 3 aromatic rings. The first-order valence-corrected chi connectivity index (χ1v) is 15.4. The highest BCUT2D eigenvalue weighted by molar-refractivity contribution is 5.15. The molecule has 0 bridgehead atoms. The summed E-state index contributed by atoms with van der Waals surface area (Å²) in [6.45, 7) is 0.246. The van der Waals surface area contributed by atoms with Crippen LogP contribution in [-0.2, 0) is 57.7 Å². The van der Waals surface area contributed by atoms with Crippen LogP contribution in [0.2, 0.25) is 0 Å². The molecule has 0 aliphatic carbocycles. The fourth-order valence-electron chi connectivity index (χ4n) is 5.79. The maximum atomic E-state index is 11.3. The van der Waals surface area contributed by atoms with Crippen molar-refractivity contribution in [2.24, 2.45) is 0 Å². The number of aliphatic hydroxyl groups is 3. The number of ether oxygens (including phenoxy) is 8. The van der Waals surface area contributed by atoms with Crippen molar-refractivity contribution in [3.8, 4) is 0 Å². The molecule has 250 valence electrons. The van der Waals surface area contributed by atoms with Gasteiger partial charge in [0.05, 0.1) is 33.0 Å². The number of benzene rings is 3.